The maximum absolute atomic E-state index is 6.01. The first-order valence-electron chi connectivity index (χ1n) is 11.9. The van der Waals surface area contributed by atoms with Gasteiger partial charge in [0.05, 0.1) is 6.61 Å². The molecule has 2 heteroatoms. The lowest BCUT2D eigenvalue weighted by Crippen LogP contribution is -2.23. The molecule has 0 N–H and O–H groups in total. The molecule has 2 nitrogen and oxygen atoms in total. The lowest BCUT2D eigenvalue weighted by Gasteiger charge is -2.32. The molecule has 0 saturated carbocycles. The van der Waals surface area contributed by atoms with E-state index in [2.05, 4.69) is 62.0 Å². The first-order chi connectivity index (χ1) is 15.7. The lowest BCUT2D eigenvalue weighted by molar-refractivity contribution is 0.339. The summed E-state index contributed by atoms with van der Waals surface area (Å²) in [5.41, 5.74) is 2.64. The fourth-order valence-electron chi connectivity index (χ4n) is 4.27. The molecule has 3 aromatic carbocycles. The van der Waals surface area contributed by atoms with Crippen LogP contribution in [0.2, 0.25) is 0 Å². The molecule has 0 fully saturated rings. The molecule has 3 rings (SSSR count). The van der Waals surface area contributed by atoms with Crippen molar-refractivity contribution in [2.75, 3.05) is 6.61 Å². The van der Waals surface area contributed by atoms with E-state index in [-0.39, 0.29) is 5.41 Å². The quantitative estimate of drug-likeness (QED) is 0.254. The van der Waals surface area contributed by atoms with Gasteiger partial charge in [-0.1, -0.05) is 68.3 Å². The van der Waals surface area contributed by atoms with E-state index in [4.69, 9.17) is 9.47 Å². The van der Waals surface area contributed by atoms with Crippen LogP contribution >= 0.6 is 0 Å². The molecule has 0 aliphatic heterocycles. The number of para-hydroxylation sites is 1. The van der Waals surface area contributed by atoms with Crippen LogP contribution in [0.4, 0.5) is 0 Å². The van der Waals surface area contributed by atoms with E-state index in [1.165, 1.54) is 24.0 Å². The average Bonchev–Trinajstić information content (AvgIpc) is 2.83. The van der Waals surface area contributed by atoms with Gasteiger partial charge >= 0.3 is 0 Å². The predicted molar refractivity (Wildman–Crippen MR) is 135 cm³/mol. The summed E-state index contributed by atoms with van der Waals surface area (Å²) in [4.78, 5) is 0. The highest BCUT2D eigenvalue weighted by molar-refractivity contribution is 5.36. The number of rotatable bonds is 13. The van der Waals surface area contributed by atoms with Gasteiger partial charge in [0.15, 0.2) is 0 Å². The Morgan fingerprint density at radius 1 is 0.781 bits per heavy atom. The van der Waals surface area contributed by atoms with E-state index in [1.54, 1.807) is 0 Å². The monoisotopic (exact) mass is 428 g/mol. The van der Waals surface area contributed by atoms with Crippen molar-refractivity contribution in [1.29, 1.82) is 0 Å². The molecule has 1 unspecified atom stereocenters. The van der Waals surface area contributed by atoms with E-state index in [0.717, 1.165) is 42.9 Å². The molecule has 32 heavy (non-hydrogen) atoms. The summed E-state index contributed by atoms with van der Waals surface area (Å²) in [5, 5.41) is 0. The molecule has 0 spiro atoms. The zero-order chi connectivity index (χ0) is 22.7. The van der Waals surface area contributed by atoms with Crippen molar-refractivity contribution >= 4 is 0 Å². The summed E-state index contributed by atoms with van der Waals surface area (Å²) in [7, 11) is 0. The minimum atomic E-state index is -0.00109. The molecule has 0 amide bonds. The number of unbranched alkanes of at least 4 members (excludes halogenated alkanes) is 1. The van der Waals surface area contributed by atoms with Crippen molar-refractivity contribution in [2.45, 2.75) is 57.8 Å². The Labute approximate surface area is 193 Å². The van der Waals surface area contributed by atoms with Crippen LogP contribution in [0.1, 0.15) is 57.1 Å². The van der Waals surface area contributed by atoms with Crippen molar-refractivity contribution < 1.29 is 9.47 Å². The molecule has 0 aliphatic rings. The Morgan fingerprint density at radius 3 is 2.19 bits per heavy atom. The van der Waals surface area contributed by atoms with Crippen LogP contribution in [-0.2, 0) is 11.8 Å². The highest BCUT2D eigenvalue weighted by Crippen LogP contribution is 2.37. The van der Waals surface area contributed by atoms with Crippen LogP contribution in [0.3, 0.4) is 0 Å². The van der Waals surface area contributed by atoms with Gasteiger partial charge in [0, 0.05) is 5.41 Å². The molecule has 1 atom stereocenters. The van der Waals surface area contributed by atoms with Gasteiger partial charge in [-0.3, -0.25) is 0 Å². The summed E-state index contributed by atoms with van der Waals surface area (Å²) in [5.74, 6) is 2.69. The smallest absolute Gasteiger partial charge is 0.127 e. The highest BCUT2D eigenvalue weighted by atomic mass is 16.5. The lowest BCUT2D eigenvalue weighted by atomic mass is 9.72. The number of hydrogen-bond acceptors (Lipinski definition) is 2. The topological polar surface area (TPSA) is 18.5 Å². The molecular weight excluding hydrogens is 392 g/mol. The van der Waals surface area contributed by atoms with Gasteiger partial charge in [-0.2, -0.15) is 0 Å². The fraction of sp³-hybridized carbons (Fsp3) is 0.333. The van der Waals surface area contributed by atoms with Gasteiger partial charge < -0.3 is 9.47 Å². The first kappa shape index (κ1) is 23.7. The molecular formula is C30H36O2. The number of aryl methyl sites for hydroxylation is 1. The molecule has 168 valence electrons. The van der Waals surface area contributed by atoms with Crippen LogP contribution in [0.15, 0.2) is 91.5 Å². The Morgan fingerprint density at radius 2 is 1.50 bits per heavy atom. The molecule has 0 bridgehead atoms. The summed E-state index contributed by atoms with van der Waals surface area (Å²) in [6.45, 7) is 9.22. The van der Waals surface area contributed by atoms with Crippen LogP contribution in [-0.4, -0.2) is 6.61 Å². The Hall–Kier alpha value is -3.00. The molecule has 0 aliphatic carbocycles. The van der Waals surface area contributed by atoms with Gasteiger partial charge in [-0.05, 0) is 80.1 Å². The summed E-state index contributed by atoms with van der Waals surface area (Å²) in [6.07, 6.45) is 8.87. The second kappa shape index (κ2) is 12.1. The fourth-order valence-corrected chi connectivity index (χ4v) is 4.27. The number of ether oxygens (including phenoxy) is 2. The van der Waals surface area contributed by atoms with Crippen LogP contribution in [0.25, 0.3) is 0 Å². The zero-order valence-corrected chi connectivity index (χ0v) is 19.6. The maximum Gasteiger partial charge on any atom is 0.127 e. The average molecular weight is 429 g/mol. The minimum Gasteiger partial charge on any atom is -0.494 e. The Balaban J connectivity index is 1.68. The van der Waals surface area contributed by atoms with E-state index in [0.29, 0.717) is 6.61 Å². The van der Waals surface area contributed by atoms with Crippen molar-refractivity contribution in [3.63, 3.8) is 0 Å². The molecule has 3 aromatic rings. The molecule has 0 heterocycles. The third-order valence-corrected chi connectivity index (χ3v) is 6.07. The molecule has 0 radical (unpaired) electrons. The van der Waals surface area contributed by atoms with Gasteiger partial charge in [0.25, 0.3) is 0 Å². The molecule has 0 aromatic heterocycles. The van der Waals surface area contributed by atoms with Crippen molar-refractivity contribution in [2.24, 2.45) is 0 Å². The van der Waals surface area contributed by atoms with Crippen LogP contribution in [0, 0.1) is 0 Å². The van der Waals surface area contributed by atoms with E-state index < -0.39 is 0 Å². The SMILES string of the molecule is C=CC(CCCC)(CCCc1cccc(Oc2ccccc2)c1)c1ccc(OCC)cc1. The van der Waals surface area contributed by atoms with Crippen molar-refractivity contribution in [3.05, 3.63) is 103 Å². The largest absolute Gasteiger partial charge is 0.494 e. The van der Waals surface area contributed by atoms with Gasteiger partial charge in [0.2, 0.25) is 0 Å². The summed E-state index contributed by atoms with van der Waals surface area (Å²) < 4.78 is 11.7. The van der Waals surface area contributed by atoms with Crippen LogP contribution < -0.4 is 9.47 Å². The van der Waals surface area contributed by atoms with E-state index in [1.807, 2.05) is 43.3 Å². The predicted octanol–water partition coefficient (Wildman–Crippen LogP) is 8.51. The first-order valence-corrected chi connectivity index (χ1v) is 11.9. The maximum atomic E-state index is 6.01. The highest BCUT2D eigenvalue weighted by Gasteiger charge is 2.27. The summed E-state index contributed by atoms with van der Waals surface area (Å²) >= 11 is 0. The normalized spacial score (nSPS) is 12.7. The Kier molecular flexibility index (Phi) is 8.98. The second-order valence-electron chi connectivity index (χ2n) is 8.34. The van der Waals surface area contributed by atoms with Gasteiger partial charge in [0.1, 0.15) is 17.2 Å². The van der Waals surface area contributed by atoms with Crippen molar-refractivity contribution in [3.8, 4) is 17.2 Å². The van der Waals surface area contributed by atoms with Crippen LogP contribution in [0.5, 0.6) is 17.2 Å². The number of allylic oxidation sites excluding steroid dienone is 1. The van der Waals surface area contributed by atoms with E-state index >= 15 is 0 Å². The standard InChI is InChI=1S/C30H36O2/c1-4-7-22-30(5-2,26-18-20-27(21-19-26)31-6-3)23-12-14-25-13-11-17-29(24-25)32-28-15-9-8-10-16-28/h5,8-11,13,15-21,24H,2,4,6-7,12,14,22-23H2,1,3H3. The number of benzene rings is 3. The second-order valence-corrected chi connectivity index (χ2v) is 8.34. The van der Waals surface area contributed by atoms with Crippen molar-refractivity contribution in [1.82, 2.24) is 0 Å². The van der Waals surface area contributed by atoms with Gasteiger partial charge in [-0.15, -0.1) is 6.58 Å². The minimum absolute atomic E-state index is 0.00109. The van der Waals surface area contributed by atoms with E-state index in [9.17, 15) is 0 Å². The third-order valence-electron chi connectivity index (χ3n) is 6.07. The summed E-state index contributed by atoms with van der Waals surface area (Å²) in [6, 6.07) is 27.0. The van der Waals surface area contributed by atoms with Gasteiger partial charge in [-0.25, -0.2) is 0 Å². The Bertz CT molecular complexity index is 946. The molecule has 0 saturated heterocycles. The zero-order valence-electron chi connectivity index (χ0n) is 19.6. The third kappa shape index (κ3) is 6.50. The number of hydrogen-bond donors (Lipinski definition) is 0.